The Morgan fingerprint density at radius 3 is 1.36 bits per heavy atom. The molecular weight excluding hydrogens is 928 g/mol. The highest BCUT2D eigenvalue weighted by Gasteiger charge is 2.55. The molecule has 8 aromatic carbocycles. The highest BCUT2D eigenvalue weighted by molar-refractivity contribution is 7.00. The summed E-state index contributed by atoms with van der Waals surface area (Å²) in [5, 5.41) is 5.47. The third-order valence-electron chi connectivity index (χ3n) is 19.2. The average Bonchev–Trinajstić information content (AvgIpc) is 3.56. The van der Waals surface area contributed by atoms with E-state index in [0.29, 0.717) is 5.92 Å². The van der Waals surface area contributed by atoms with Gasteiger partial charge in [0, 0.05) is 43.8 Å². The number of aromatic nitrogens is 2. The molecule has 0 unspecified atom stereocenters. The molecule has 10 aromatic rings. The van der Waals surface area contributed by atoms with E-state index in [-0.39, 0.29) is 40.2 Å². The van der Waals surface area contributed by atoms with Crippen LogP contribution in [-0.4, -0.2) is 15.8 Å². The molecule has 0 saturated carbocycles. The van der Waals surface area contributed by atoms with Crippen LogP contribution in [0.25, 0.3) is 77.2 Å². The van der Waals surface area contributed by atoms with Crippen LogP contribution in [0.4, 0.5) is 0 Å². The van der Waals surface area contributed by atoms with Crippen LogP contribution in [0.15, 0.2) is 121 Å². The second-order valence-electron chi connectivity index (χ2n) is 29.1. The van der Waals surface area contributed by atoms with Crippen molar-refractivity contribution in [2.24, 2.45) is 0 Å². The highest BCUT2D eigenvalue weighted by Crippen LogP contribution is 2.63. The summed E-state index contributed by atoms with van der Waals surface area (Å²) in [6.07, 6.45) is 0. The van der Waals surface area contributed by atoms with Gasteiger partial charge in [0.05, 0.1) is 22.1 Å². The van der Waals surface area contributed by atoms with Crippen LogP contribution in [0.2, 0.25) is 0 Å². The fraction of sp³-hybridized carbons (Fsp3) is 0.351. The fourth-order valence-electron chi connectivity index (χ4n) is 15.1. The zero-order valence-corrected chi connectivity index (χ0v) is 49.3. The Kier molecular flexibility index (Phi) is 9.74. The lowest BCUT2D eigenvalue weighted by atomic mass is 9.33. The number of hydrogen-bond donors (Lipinski definition) is 0. The average molecular weight is 1010 g/mol. The van der Waals surface area contributed by atoms with E-state index in [1.807, 2.05) is 0 Å². The van der Waals surface area contributed by atoms with Gasteiger partial charge < -0.3 is 9.13 Å². The smallest absolute Gasteiger partial charge is 0.252 e. The van der Waals surface area contributed by atoms with Crippen molar-refractivity contribution in [3.63, 3.8) is 0 Å². The van der Waals surface area contributed by atoms with Crippen LogP contribution < -0.4 is 16.4 Å². The third-order valence-corrected chi connectivity index (χ3v) is 19.2. The minimum atomic E-state index is -0.623. The van der Waals surface area contributed by atoms with E-state index < -0.39 is 5.41 Å². The van der Waals surface area contributed by atoms with Gasteiger partial charge in [-0.05, 0) is 170 Å². The molecule has 1 aliphatic carbocycles. The fourth-order valence-corrected chi connectivity index (χ4v) is 15.1. The third kappa shape index (κ3) is 6.27. The van der Waals surface area contributed by atoms with Crippen molar-refractivity contribution < 1.29 is 0 Å². The van der Waals surface area contributed by atoms with Crippen LogP contribution in [0, 0.1) is 0 Å². The Hall–Kier alpha value is -6.58. The van der Waals surface area contributed by atoms with Crippen molar-refractivity contribution in [1.82, 2.24) is 9.13 Å². The van der Waals surface area contributed by atoms with Gasteiger partial charge in [0.15, 0.2) is 0 Å². The molecule has 2 nitrogen and oxygen atoms in total. The van der Waals surface area contributed by atoms with Crippen LogP contribution in [0.5, 0.6) is 0 Å². The molecule has 3 aliphatic heterocycles. The largest absolute Gasteiger partial charge is 0.310 e. The summed E-state index contributed by atoms with van der Waals surface area (Å²) in [4.78, 5) is 0. The summed E-state index contributed by atoms with van der Waals surface area (Å²) in [5.41, 5.74) is 32.5. The summed E-state index contributed by atoms with van der Waals surface area (Å²) in [6.45, 7) is 43.4. The number of benzene rings is 8. The van der Waals surface area contributed by atoms with Crippen molar-refractivity contribution in [2.45, 2.75) is 169 Å². The zero-order valence-electron chi connectivity index (χ0n) is 49.3. The lowest BCUT2D eigenvalue weighted by molar-refractivity contribution is 0.588. The van der Waals surface area contributed by atoms with Gasteiger partial charge in [-0.3, -0.25) is 0 Å². The molecule has 0 fully saturated rings. The normalized spacial score (nSPS) is 15.1. The Labute approximate surface area is 459 Å². The van der Waals surface area contributed by atoms with Crippen LogP contribution in [0.1, 0.15) is 204 Å². The molecule has 14 rings (SSSR count). The minimum absolute atomic E-state index is 0.0202. The Morgan fingerprint density at radius 2 is 0.857 bits per heavy atom. The van der Waals surface area contributed by atoms with E-state index in [1.165, 1.54) is 155 Å². The van der Waals surface area contributed by atoms with E-state index in [0.717, 1.165) is 0 Å². The lowest BCUT2D eigenvalue weighted by Gasteiger charge is -2.45. The second-order valence-corrected chi connectivity index (χ2v) is 29.1. The summed E-state index contributed by atoms with van der Waals surface area (Å²) in [6, 6.07) is 50.3. The molecule has 2 aromatic heterocycles. The van der Waals surface area contributed by atoms with Gasteiger partial charge >= 0.3 is 0 Å². The summed E-state index contributed by atoms with van der Waals surface area (Å²) in [5.74, 6) is 0.970. The number of rotatable bonds is 4. The van der Waals surface area contributed by atoms with Crippen LogP contribution in [0.3, 0.4) is 0 Å². The first-order valence-electron chi connectivity index (χ1n) is 29.1. The lowest BCUT2D eigenvalue weighted by Crippen LogP contribution is -2.61. The van der Waals surface area contributed by atoms with E-state index in [2.05, 4.69) is 255 Å². The molecule has 386 valence electrons. The van der Waals surface area contributed by atoms with E-state index in [9.17, 15) is 0 Å². The highest BCUT2D eigenvalue weighted by atomic mass is 15.1. The number of hydrogen-bond acceptors (Lipinski definition) is 0. The quantitative estimate of drug-likeness (QED) is 0.156. The number of nitrogens with zero attached hydrogens (tertiary/aromatic N) is 2. The Balaban J connectivity index is 1.33. The summed E-state index contributed by atoms with van der Waals surface area (Å²) in [7, 11) is 0. The van der Waals surface area contributed by atoms with Crippen LogP contribution in [-0.2, 0) is 27.1 Å². The molecule has 5 heterocycles. The molecule has 4 aliphatic rings. The van der Waals surface area contributed by atoms with Crippen molar-refractivity contribution >= 4 is 66.7 Å². The SMILES string of the molecule is CC(C)c1cc(C(C)C)c(-c2cc3c4c5c2-n2c6ccc(C(C)(C)C)cc6c6cc(C(C)(C)C)cc(c62)B5c2cc(C(C)(C)C)cc5c6cc(C(C)(C)C)cc(c6n-4c25)C32c3ccccc3-c3ccccc32)c(C(C)C)c1. The molecule has 77 heavy (non-hydrogen) atoms. The Morgan fingerprint density at radius 1 is 0.390 bits per heavy atom. The molecule has 0 N–H and O–H groups in total. The van der Waals surface area contributed by atoms with Gasteiger partial charge in [-0.15, -0.1) is 0 Å². The van der Waals surface area contributed by atoms with Crippen molar-refractivity contribution in [3.8, 4) is 33.6 Å². The minimum Gasteiger partial charge on any atom is -0.310 e. The summed E-state index contributed by atoms with van der Waals surface area (Å²) >= 11 is 0. The molecule has 0 radical (unpaired) electrons. The van der Waals surface area contributed by atoms with Gasteiger partial charge in [-0.1, -0.05) is 210 Å². The number of fused-ring (bicyclic) bond motifs is 14. The van der Waals surface area contributed by atoms with Crippen molar-refractivity contribution in [1.29, 1.82) is 0 Å². The van der Waals surface area contributed by atoms with Crippen molar-refractivity contribution in [3.05, 3.63) is 183 Å². The zero-order chi connectivity index (χ0) is 54.3. The van der Waals surface area contributed by atoms with Gasteiger partial charge in [0.2, 0.25) is 0 Å². The molecule has 0 bridgehead atoms. The van der Waals surface area contributed by atoms with Crippen LogP contribution >= 0.6 is 0 Å². The topological polar surface area (TPSA) is 9.86 Å². The molecule has 0 amide bonds. The second kappa shape index (κ2) is 15.4. The molecule has 3 heteroatoms. The van der Waals surface area contributed by atoms with Gasteiger partial charge in [-0.2, -0.15) is 0 Å². The summed E-state index contributed by atoms with van der Waals surface area (Å²) < 4.78 is 5.65. The first-order chi connectivity index (χ1) is 36.2. The van der Waals surface area contributed by atoms with E-state index >= 15 is 0 Å². The Bertz CT molecular complexity index is 4210. The van der Waals surface area contributed by atoms with Gasteiger partial charge in [-0.25, -0.2) is 0 Å². The predicted molar refractivity (Wildman–Crippen MR) is 333 cm³/mol. The predicted octanol–water partition coefficient (Wildman–Crippen LogP) is 17.9. The molecule has 0 atom stereocenters. The standard InChI is InChI=1S/C74H77BN2/c1-39(2)42-29-49(40(3)4)63(50(30-42)41(5)6)55-38-59-69-64-68(55)76-62-28-27-43(70(7,8)9)31-51(62)52-33-45(72(13,14)15)36-60(66(52)76)75(64)61-37-46(73(16,17)18)34-54-53-32-44(71(10,11)12)35-58(65(53)77(69)67(54)61)74(59)56-25-21-19-23-47(56)48-24-20-22-26-57(48)74/h19-41H,1-18H3. The monoisotopic (exact) mass is 1000 g/mol. The first-order valence-corrected chi connectivity index (χ1v) is 29.1. The molecule has 1 spiro atoms. The van der Waals surface area contributed by atoms with E-state index in [4.69, 9.17) is 0 Å². The van der Waals surface area contributed by atoms with Gasteiger partial charge in [0.25, 0.3) is 6.71 Å². The first kappa shape index (κ1) is 48.8. The van der Waals surface area contributed by atoms with Gasteiger partial charge in [0.1, 0.15) is 0 Å². The molecule has 0 saturated heterocycles. The maximum Gasteiger partial charge on any atom is 0.252 e. The maximum atomic E-state index is 2.84. The van der Waals surface area contributed by atoms with E-state index in [1.54, 1.807) is 0 Å². The molecular formula is C74H77BN2. The van der Waals surface area contributed by atoms with Crippen molar-refractivity contribution in [2.75, 3.05) is 0 Å². The maximum absolute atomic E-state index is 2.84.